The van der Waals surface area contributed by atoms with Crippen LogP contribution in [-0.4, -0.2) is 45.7 Å². The van der Waals surface area contributed by atoms with Gasteiger partial charge in [-0.1, -0.05) is 0 Å². The Morgan fingerprint density at radius 3 is 2.18 bits per heavy atom. The van der Waals surface area contributed by atoms with E-state index in [1.807, 2.05) is 0 Å². The molecule has 4 nitrogen and oxygen atoms in total. The van der Waals surface area contributed by atoms with Crippen molar-refractivity contribution < 1.29 is 42.4 Å². The summed E-state index contributed by atoms with van der Waals surface area (Å²) in [5, 5.41) is 26.8. The Bertz CT molecular complexity index is 111. The molecule has 0 aromatic heterocycles. The van der Waals surface area contributed by atoms with Gasteiger partial charge in [0.15, 0.2) is 0 Å². The zero-order chi connectivity index (χ0) is 7.72. The molecule has 1 aliphatic heterocycles. The number of rotatable bonds is 0. The first-order chi connectivity index (χ1) is 4.63. The summed E-state index contributed by atoms with van der Waals surface area (Å²) in [5.41, 5.74) is -0.807. The maximum absolute atomic E-state index is 8.98. The number of aliphatic hydroxyl groups is 3. The van der Waals surface area contributed by atoms with Crippen molar-refractivity contribution in [3.8, 4) is 0 Å². The van der Waals surface area contributed by atoms with Crippen LogP contribution in [0.15, 0.2) is 0 Å². The third-order valence-corrected chi connectivity index (χ3v) is 1.87. The summed E-state index contributed by atoms with van der Waals surface area (Å²) in [7, 11) is 0. The molecule has 1 fully saturated rings. The Labute approximate surface area is 85.5 Å². The van der Waals surface area contributed by atoms with E-state index >= 15 is 0 Å². The standard InChI is InChI=1S/C5H10O4S.Au/c6-2-1-9-5(10)4(8)3(2)7;/h2-8,10H,1H2;/q;+1/p-1. The van der Waals surface area contributed by atoms with E-state index in [1.54, 1.807) is 0 Å². The SMILES string of the molecule is OC1COC([S-])C(O)C1O.[Au+]. The first-order valence-corrected chi connectivity index (χ1v) is 3.41. The molecule has 4 atom stereocenters. The number of hydrogen-bond donors (Lipinski definition) is 3. The summed E-state index contributed by atoms with van der Waals surface area (Å²) >= 11 is 4.60. The molecule has 0 saturated carbocycles. The zero-order valence-corrected chi connectivity index (χ0v) is 8.46. The Kier molecular flexibility index (Phi) is 5.24. The van der Waals surface area contributed by atoms with Gasteiger partial charge in [0.2, 0.25) is 0 Å². The minimum Gasteiger partial charge on any atom is -0.759 e. The number of hydrogen-bond acceptors (Lipinski definition) is 5. The van der Waals surface area contributed by atoms with Crippen LogP contribution in [-0.2, 0) is 39.7 Å². The summed E-state index contributed by atoms with van der Waals surface area (Å²) in [6.07, 6.45) is -3.34. The van der Waals surface area contributed by atoms with Gasteiger partial charge in [-0.05, 0) is 5.44 Å². The van der Waals surface area contributed by atoms with Gasteiger partial charge >= 0.3 is 22.4 Å². The molecule has 4 unspecified atom stereocenters. The molecular weight excluding hydrogens is 353 g/mol. The van der Waals surface area contributed by atoms with Gasteiger partial charge in [-0.3, -0.25) is 0 Å². The van der Waals surface area contributed by atoms with Crippen LogP contribution < -0.4 is 0 Å². The predicted octanol–water partition coefficient (Wildman–Crippen LogP) is -2.03. The van der Waals surface area contributed by atoms with Crippen molar-refractivity contribution in [2.75, 3.05) is 6.61 Å². The predicted molar refractivity (Wildman–Crippen MR) is 35.1 cm³/mol. The Morgan fingerprint density at radius 2 is 1.73 bits per heavy atom. The average molecular weight is 362 g/mol. The minimum absolute atomic E-state index is 0. The van der Waals surface area contributed by atoms with Crippen molar-refractivity contribution in [1.29, 1.82) is 0 Å². The van der Waals surface area contributed by atoms with E-state index in [4.69, 9.17) is 20.1 Å². The van der Waals surface area contributed by atoms with E-state index in [2.05, 4.69) is 12.6 Å². The second-order valence-corrected chi connectivity index (χ2v) is 2.71. The Hall–Kier alpha value is 0.930. The molecule has 0 aliphatic carbocycles. The van der Waals surface area contributed by atoms with Crippen molar-refractivity contribution in [3.05, 3.63) is 0 Å². The van der Waals surface area contributed by atoms with Gasteiger partial charge in [-0.2, -0.15) is 0 Å². The Balaban J connectivity index is 0.000001000. The molecule has 0 bridgehead atoms. The second kappa shape index (κ2) is 4.84. The fourth-order valence-electron chi connectivity index (χ4n) is 0.779. The maximum Gasteiger partial charge on any atom is 1.00 e. The normalized spacial score (nSPS) is 44.7. The van der Waals surface area contributed by atoms with E-state index in [1.165, 1.54) is 0 Å². The van der Waals surface area contributed by atoms with Crippen LogP contribution >= 0.6 is 0 Å². The third kappa shape index (κ3) is 2.71. The van der Waals surface area contributed by atoms with Gasteiger partial charge in [0.1, 0.15) is 12.2 Å². The molecule has 1 aliphatic rings. The van der Waals surface area contributed by atoms with E-state index in [-0.39, 0.29) is 29.0 Å². The van der Waals surface area contributed by atoms with Gasteiger partial charge in [0, 0.05) is 0 Å². The summed E-state index contributed by atoms with van der Waals surface area (Å²) in [6.45, 7) is -0.00755. The third-order valence-electron chi connectivity index (χ3n) is 1.45. The monoisotopic (exact) mass is 362 g/mol. The number of aliphatic hydroxyl groups excluding tert-OH is 3. The van der Waals surface area contributed by atoms with Gasteiger partial charge in [0.05, 0.1) is 12.7 Å². The van der Waals surface area contributed by atoms with Crippen LogP contribution in [0.1, 0.15) is 0 Å². The fourth-order valence-corrected chi connectivity index (χ4v) is 1.02. The molecule has 1 heterocycles. The van der Waals surface area contributed by atoms with E-state index in [0.29, 0.717) is 0 Å². The van der Waals surface area contributed by atoms with Gasteiger partial charge < -0.3 is 32.7 Å². The molecule has 11 heavy (non-hydrogen) atoms. The molecule has 70 valence electrons. The molecule has 1 rings (SSSR count). The van der Waals surface area contributed by atoms with E-state index in [0.717, 1.165) is 0 Å². The number of ether oxygens (including phenoxy) is 1. The summed E-state index contributed by atoms with van der Waals surface area (Å²) in [4.78, 5) is 0. The molecule has 0 aromatic carbocycles. The summed E-state index contributed by atoms with van der Waals surface area (Å²) in [6, 6.07) is 0. The summed E-state index contributed by atoms with van der Waals surface area (Å²) in [5.74, 6) is 0. The smallest absolute Gasteiger partial charge is 0.759 e. The van der Waals surface area contributed by atoms with Crippen LogP contribution in [0.25, 0.3) is 0 Å². The molecule has 3 N–H and O–H groups in total. The van der Waals surface area contributed by atoms with E-state index in [9.17, 15) is 0 Å². The van der Waals surface area contributed by atoms with Crippen molar-refractivity contribution in [2.24, 2.45) is 0 Å². The topological polar surface area (TPSA) is 69.9 Å². The Morgan fingerprint density at radius 1 is 1.18 bits per heavy atom. The van der Waals surface area contributed by atoms with Crippen LogP contribution in [0, 0.1) is 0 Å². The molecule has 0 aromatic rings. The zero-order valence-electron chi connectivity index (χ0n) is 5.48. The van der Waals surface area contributed by atoms with Crippen molar-refractivity contribution in [1.82, 2.24) is 0 Å². The first-order valence-electron chi connectivity index (χ1n) is 2.94. The van der Waals surface area contributed by atoms with Gasteiger partial charge in [0.25, 0.3) is 0 Å². The van der Waals surface area contributed by atoms with Crippen molar-refractivity contribution in [2.45, 2.75) is 23.7 Å². The average Bonchev–Trinajstić information content (AvgIpc) is 1.93. The van der Waals surface area contributed by atoms with Crippen molar-refractivity contribution in [3.63, 3.8) is 0 Å². The van der Waals surface area contributed by atoms with Crippen LogP contribution in [0.5, 0.6) is 0 Å². The van der Waals surface area contributed by atoms with Crippen molar-refractivity contribution >= 4 is 12.6 Å². The quantitative estimate of drug-likeness (QED) is 0.343. The van der Waals surface area contributed by atoms with Crippen LogP contribution in [0.2, 0.25) is 0 Å². The molecule has 0 radical (unpaired) electrons. The second-order valence-electron chi connectivity index (χ2n) is 2.25. The summed E-state index contributed by atoms with van der Waals surface area (Å²) < 4.78 is 4.73. The molecule has 0 amide bonds. The fraction of sp³-hybridized carbons (Fsp3) is 1.00. The molecule has 6 heteroatoms. The van der Waals surface area contributed by atoms with Gasteiger partial charge in [-0.25, -0.2) is 0 Å². The maximum atomic E-state index is 8.98. The van der Waals surface area contributed by atoms with Crippen LogP contribution in [0.3, 0.4) is 0 Å². The molecular formula is C5H9AuO4S. The van der Waals surface area contributed by atoms with Gasteiger partial charge in [-0.15, -0.1) is 0 Å². The molecule has 0 spiro atoms. The van der Waals surface area contributed by atoms with E-state index < -0.39 is 23.7 Å². The first kappa shape index (κ1) is 11.9. The van der Waals surface area contributed by atoms with Crippen LogP contribution in [0.4, 0.5) is 0 Å². The molecule has 1 saturated heterocycles. The largest absolute Gasteiger partial charge is 1.00 e. The minimum atomic E-state index is -1.17.